The topological polar surface area (TPSA) is 27.0 Å². The van der Waals surface area contributed by atoms with Crippen LogP contribution in [0, 0.1) is 16.7 Å². The molecule has 0 radical (unpaired) electrons. The van der Waals surface area contributed by atoms with Crippen LogP contribution in [0.3, 0.4) is 0 Å². The molecule has 2 nitrogen and oxygen atoms in total. The Balaban J connectivity index is 2.36. The molecule has 1 fully saturated rings. The van der Waals surface area contributed by atoms with Crippen molar-refractivity contribution in [1.82, 2.24) is 0 Å². The van der Waals surface area contributed by atoms with E-state index in [2.05, 4.69) is 13.8 Å². The van der Waals surface area contributed by atoms with Gasteiger partial charge in [-0.1, -0.05) is 13.8 Å². The van der Waals surface area contributed by atoms with Crippen LogP contribution in [0.1, 0.15) is 37.8 Å². The van der Waals surface area contributed by atoms with Crippen LogP contribution < -0.4 is 4.90 Å². The minimum Gasteiger partial charge on any atom is -0.370 e. The number of benzene rings is 1. The van der Waals surface area contributed by atoms with Crippen molar-refractivity contribution in [3.63, 3.8) is 0 Å². The molecule has 1 aliphatic rings. The maximum atomic E-state index is 12.7. The van der Waals surface area contributed by atoms with E-state index in [9.17, 15) is 13.2 Å². The molecule has 0 N–H and O–H groups in total. The number of nitrogens with zero attached hydrogens (tertiary/aromatic N) is 2. The third-order valence-electron chi connectivity index (χ3n) is 3.69. The normalized spacial score (nSPS) is 18.7. The fourth-order valence-electron chi connectivity index (χ4n) is 2.71. The summed E-state index contributed by atoms with van der Waals surface area (Å²) in [7, 11) is 0. The molecule has 1 heterocycles. The van der Waals surface area contributed by atoms with Crippen LogP contribution >= 0.6 is 0 Å². The van der Waals surface area contributed by atoms with Gasteiger partial charge in [0.25, 0.3) is 0 Å². The van der Waals surface area contributed by atoms with Crippen molar-refractivity contribution < 1.29 is 13.2 Å². The van der Waals surface area contributed by atoms with Crippen LogP contribution in [0.25, 0.3) is 0 Å². The first-order valence-corrected chi connectivity index (χ1v) is 6.59. The first-order chi connectivity index (χ1) is 9.23. The smallest absolute Gasteiger partial charge is 0.370 e. The molecule has 0 atom stereocenters. The minimum absolute atomic E-state index is 0.0949. The quantitative estimate of drug-likeness (QED) is 0.771. The third-order valence-corrected chi connectivity index (χ3v) is 3.69. The summed E-state index contributed by atoms with van der Waals surface area (Å²) >= 11 is 0. The standard InChI is InChI=1S/C15H17F3N2/c1-14(2)6-3-7-20(10-14)13-5-4-12(15(16,17)18)8-11(13)9-19/h4-5,8H,3,6-7,10H2,1-2H3. The van der Waals surface area contributed by atoms with Crippen molar-refractivity contribution in [1.29, 1.82) is 5.26 Å². The molecule has 0 amide bonds. The first kappa shape index (κ1) is 14.7. The van der Waals surface area contributed by atoms with Crippen molar-refractivity contribution in [2.45, 2.75) is 32.9 Å². The lowest BCUT2D eigenvalue weighted by molar-refractivity contribution is -0.137. The highest BCUT2D eigenvalue weighted by Crippen LogP contribution is 2.36. The van der Waals surface area contributed by atoms with Gasteiger partial charge in [0.15, 0.2) is 0 Å². The van der Waals surface area contributed by atoms with Crippen molar-refractivity contribution in [3.05, 3.63) is 29.3 Å². The SMILES string of the molecule is CC1(C)CCCN(c2ccc(C(F)(F)F)cc2C#N)C1. The zero-order chi connectivity index (χ0) is 15.0. The second-order valence-electron chi connectivity index (χ2n) is 6.03. The molecule has 0 aromatic heterocycles. The summed E-state index contributed by atoms with van der Waals surface area (Å²) in [6.07, 6.45) is -2.34. The second-order valence-corrected chi connectivity index (χ2v) is 6.03. The lowest BCUT2D eigenvalue weighted by Crippen LogP contribution is -2.40. The van der Waals surface area contributed by atoms with Gasteiger partial charge >= 0.3 is 6.18 Å². The highest BCUT2D eigenvalue weighted by molar-refractivity contribution is 5.61. The van der Waals surface area contributed by atoms with Crippen molar-refractivity contribution in [2.24, 2.45) is 5.41 Å². The Kier molecular flexibility index (Phi) is 3.68. The predicted molar refractivity (Wildman–Crippen MR) is 71.4 cm³/mol. The molecule has 0 unspecified atom stereocenters. The molecule has 1 aromatic carbocycles. The lowest BCUT2D eigenvalue weighted by atomic mass is 9.84. The Labute approximate surface area is 116 Å². The fraction of sp³-hybridized carbons (Fsp3) is 0.533. The molecular weight excluding hydrogens is 265 g/mol. The zero-order valence-corrected chi connectivity index (χ0v) is 11.6. The Morgan fingerprint density at radius 2 is 2.00 bits per heavy atom. The van der Waals surface area contributed by atoms with E-state index >= 15 is 0 Å². The fourth-order valence-corrected chi connectivity index (χ4v) is 2.71. The second kappa shape index (κ2) is 5.01. The molecule has 0 aliphatic carbocycles. The average molecular weight is 282 g/mol. The third kappa shape index (κ3) is 3.06. The number of hydrogen-bond donors (Lipinski definition) is 0. The molecule has 0 bridgehead atoms. The summed E-state index contributed by atoms with van der Waals surface area (Å²) in [6, 6.07) is 5.31. The van der Waals surface area contributed by atoms with Crippen LogP contribution in [0.5, 0.6) is 0 Å². The molecule has 1 aromatic rings. The maximum Gasteiger partial charge on any atom is 0.416 e. The van der Waals surface area contributed by atoms with Crippen LogP contribution in [-0.4, -0.2) is 13.1 Å². The van der Waals surface area contributed by atoms with E-state index in [-0.39, 0.29) is 11.0 Å². The highest BCUT2D eigenvalue weighted by atomic mass is 19.4. The monoisotopic (exact) mass is 282 g/mol. The molecule has 0 saturated carbocycles. The van der Waals surface area contributed by atoms with Crippen LogP contribution in [0.2, 0.25) is 0 Å². The Morgan fingerprint density at radius 3 is 2.55 bits per heavy atom. The molecule has 5 heteroatoms. The molecule has 0 spiro atoms. The van der Waals surface area contributed by atoms with E-state index in [1.807, 2.05) is 11.0 Å². The van der Waals surface area contributed by atoms with E-state index in [1.165, 1.54) is 6.07 Å². The van der Waals surface area contributed by atoms with E-state index < -0.39 is 11.7 Å². The number of rotatable bonds is 1. The molecule has 2 rings (SSSR count). The number of piperidine rings is 1. The Morgan fingerprint density at radius 1 is 1.30 bits per heavy atom. The molecule has 108 valence electrons. The summed E-state index contributed by atoms with van der Waals surface area (Å²) in [5, 5.41) is 9.13. The lowest BCUT2D eigenvalue weighted by Gasteiger charge is -2.39. The van der Waals surface area contributed by atoms with Crippen LogP contribution in [-0.2, 0) is 6.18 Å². The summed E-state index contributed by atoms with van der Waals surface area (Å²) in [5.41, 5.74) is 0.0492. The van der Waals surface area contributed by atoms with Crippen molar-refractivity contribution in [3.8, 4) is 6.07 Å². The zero-order valence-electron chi connectivity index (χ0n) is 11.6. The van der Waals surface area contributed by atoms with E-state index in [1.54, 1.807) is 0 Å². The van der Waals surface area contributed by atoms with Gasteiger partial charge in [-0.25, -0.2) is 0 Å². The average Bonchev–Trinajstić information content (AvgIpc) is 2.35. The predicted octanol–water partition coefficient (Wildman–Crippen LogP) is 4.20. The summed E-state index contributed by atoms with van der Waals surface area (Å²) in [4.78, 5) is 2.02. The number of hydrogen-bond acceptors (Lipinski definition) is 2. The van der Waals surface area contributed by atoms with Crippen molar-refractivity contribution >= 4 is 5.69 Å². The summed E-state index contributed by atoms with van der Waals surface area (Å²) in [6.45, 7) is 5.81. The number of anilines is 1. The highest BCUT2D eigenvalue weighted by Gasteiger charge is 2.32. The van der Waals surface area contributed by atoms with Gasteiger partial charge in [-0.3, -0.25) is 0 Å². The van der Waals surface area contributed by atoms with Gasteiger partial charge in [-0.05, 0) is 36.5 Å². The van der Waals surface area contributed by atoms with Crippen LogP contribution in [0.15, 0.2) is 18.2 Å². The first-order valence-electron chi connectivity index (χ1n) is 6.59. The van der Waals surface area contributed by atoms with Gasteiger partial charge in [0.2, 0.25) is 0 Å². The number of nitriles is 1. The molecular formula is C15H17F3N2. The number of alkyl halides is 3. The van der Waals surface area contributed by atoms with E-state index in [4.69, 9.17) is 5.26 Å². The maximum absolute atomic E-state index is 12.7. The van der Waals surface area contributed by atoms with Crippen LogP contribution in [0.4, 0.5) is 18.9 Å². The van der Waals surface area contributed by atoms with Crippen molar-refractivity contribution in [2.75, 3.05) is 18.0 Å². The molecule has 20 heavy (non-hydrogen) atoms. The summed E-state index contributed by atoms with van der Waals surface area (Å²) in [5.74, 6) is 0. The number of halogens is 3. The van der Waals surface area contributed by atoms with Gasteiger partial charge in [-0.2, -0.15) is 18.4 Å². The van der Waals surface area contributed by atoms with Gasteiger partial charge in [0, 0.05) is 13.1 Å². The summed E-state index contributed by atoms with van der Waals surface area (Å²) < 4.78 is 38.0. The Bertz CT molecular complexity index is 541. The van der Waals surface area contributed by atoms with E-state index in [0.717, 1.165) is 38.1 Å². The van der Waals surface area contributed by atoms with Gasteiger partial charge in [0.1, 0.15) is 6.07 Å². The molecule has 1 saturated heterocycles. The molecule has 1 aliphatic heterocycles. The van der Waals surface area contributed by atoms with Gasteiger partial charge < -0.3 is 4.90 Å². The van der Waals surface area contributed by atoms with E-state index in [0.29, 0.717) is 5.69 Å². The Hall–Kier alpha value is -1.70. The minimum atomic E-state index is -4.41. The van der Waals surface area contributed by atoms with Gasteiger partial charge in [-0.15, -0.1) is 0 Å². The largest absolute Gasteiger partial charge is 0.416 e. The van der Waals surface area contributed by atoms with Gasteiger partial charge in [0.05, 0.1) is 16.8 Å².